The van der Waals surface area contributed by atoms with Gasteiger partial charge in [0, 0.05) is 25.4 Å². The van der Waals surface area contributed by atoms with Gasteiger partial charge in [-0.2, -0.15) is 0 Å². The molecule has 2 N–H and O–H groups in total. The summed E-state index contributed by atoms with van der Waals surface area (Å²) in [5, 5.41) is 0. The highest BCUT2D eigenvalue weighted by Crippen LogP contribution is 2.23. The molecule has 1 heterocycles. The smallest absolute Gasteiger partial charge is 0.158 e. The number of rotatable bonds is 6. The van der Waals surface area contributed by atoms with Crippen molar-refractivity contribution in [1.82, 2.24) is 9.97 Å². The molecule has 0 saturated carbocycles. The third-order valence-corrected chi connectivity index (χ3v) is 3.29. The lowest BCUT2D eigenvalue weighted by Crippen LogP contribution is -2.14. The summed E-state index contributed by atoms with van der Waals surface area (Å²) in [6, 6.07) is 10.2. The van der Waals surface area contributed by atoms with E-state index < -0.39 is 0 Å². The number of anilines is 3. The Morgan fingerprint density at radius 3 is 2.48 bits per heavy atom. The molecular formula is C16H22N4O. The fourth-order valence-corrected chi connectivity index (χ4v) is 2.02. The summed E-state index contributed by atoms with van der Waals surface area (Å²) in [4.78, 5) is 10.7. The van der Waals surface area contributed by atoms with Gasteiger partial charge in [0.2, 0.25) is 0 Å². The number of nitrogens with two attached hydrogens (primary N) is 1. The second-order valence-electron chi connectivity index (χ2n) is 4.78. The van der Waals surface area contributed by atoms with E-state index in [1.54, 1.807) is 6.07 Å². The Morgan fingerprint density at radius 2 is 1.86 bits per heavy atom. The monoisotopic (exact) mass is 286 g/mol. The topological polar surface area (TPSA) is 64.3 Å². The van der Waals surface area contributed by atoms with Crippen LogP contribution in [0.1, 0.15) is 25.2 Å². The lowest BCUT2D eigenvalue weighted by atomic mass is 10.1. The molecule has 2 rings (SSSR count). The maximum absolute atomic E-state index is 5.86. The minimum atomic E-state index is 0.372. The van der Waals surface area contributed by atoms with E-state index in [0.29, 0.717) is 24.9 Å². The summed E-state index contributed by atoms with van der Waals surface area (Å²) in [5.74, 6) is 1.82. The molecule has 0 atom stereocenters. The van der Waals surface area contributed by atoms with Crippen LogP contribution in [0.15, 0.2) is 30.3 Å². The van der Waals surface area contributed by atoms with Crippen LogP contribution in [0.5, 0.6) is 0 Å². The SMILES string of the molecule is CCOCc1nc(N)cc(N(C)c2ccc(CC)cc2)n1. The highest BCUT2D eigenvalue weighted by molar-refractivity contribution is 5.61. The highest BCUT2D eigenvalue weighted by Gasteiger charge is 2.09. The van der Waals surface area contributed by atoms with E-state index >= 15 is 0 Å². The van der Waals surface area contributed by atoms with Crippen molar-refractivity contribution in [2.45, 2.75) is 26.9 Å². The third kappa shape index (κ3) is 3.92. The van der Waals surface area contributed by atoms with Crippen molar-refractivity contribution in [3.8, 4) is 0 Å². The van der Waals surface area contributed by atoms with E-state index in [4.69, 9.17) is 10.5 Å². The van der Waals surface area contributed by atoms with E-state index in [-0.39, 0.29) is 0 Å². The van der Waals surface area contributed by atoms with Gasteiger partial charge in [-0.1, -0.05) is 19.1 Å². The molecule has 0 spiro atoms. The standard InChI is InChI=1S/C16H22N4O/c1-4-12-6-8-13(9-7-12)20(3)16-10-14(17)18-15(19-16)11-21-5-2/h6-10H,4-5,11H2,1-3H3,(H2,17,18,19). The number of aryl methyl sites for hydroxylation is 1. The predicted molar refractivity (Wildman–Crippen MR) is 85.7 cm³/mol. The van der Waals surface area contributed by atoms with Crippen molar-refractivity contribution in [3.63, 3.8) is 0 Å². The maximum Gasteiger partial charge on any atom is 0.158 e. The van der Waals surface area contributed by atoms with Gasteiger partial charge in [0.15, 0.2) is 5.82 Å². The summed E-state index contributed by atoms with van der Waals surface area (Å²) in [6.45, 7) is 5.08. The summed E-state index contributed by atoms with van der Waals surface area (Å²) < 4.78 is 5.35. The molecule has 21 heavy (non-hydrogen) atoms. The van der Waals surface area contributed by atoms with E-state index in [1.165, 1.54) is 5.56 Å². The van der Waals surface area contributed by atoms with Gasteiger partial charge < -0.3 is 15.4 Å². The molecule has 0 aliphatic rings. The molecule has 2 aromatic rings. The van der Waals surface area contributed by atoms with Crippen molar-refractivity contribution in [3.05, 3.63) is 41.7 Å². The first-order valence-electron chi connectivity index (χ1n) is 7.17. The quantitative estimate of drug-likeness (QED) is 0.884. The molecule has 5 nitrogen and oxygen atoms in total. The highest BCUT2D eigenvalue weighted by atomic mass is 16.5. The number of hydrogen-bond donors (Lipinski definition) is 1. The van der Waals surface area contributed by atoms with Crippen molar-refractivity contribution in [1.29, 1.82) is 0 Å². The second kappa shape index (κ2) is 7.04. The molecule has 1 aromatic carbocycles. The Hall–Kier alpha value is -2.14. The molecule has 0 bridgehead atoms. The Kier molecular flexibility index (Phi) is 5.11. The van der Waals surface area contributed by atoms with Crippen LogP contribution in [0.2, 0.25) is 0 Å². The average Bonchev–Trinajstić information content (AvgIpc) is 2.51. The third-order valence-electron chi connectivity index (χ3n) is 3.29. The average molecular weight is 286 g/mol. The Morgan fingerprint density at radius 1 is 1.14 bits per heavy atom. The molecule has 1 aromatic heterocycles. The van der Waals surface area contributed by atoms with Gasteiger partial charge in [0.1, 0.15) is 18.2 Å². The summed E-state index contributed by atoms with van der Waals surface area (Å²) in [6.07, 6.45) is 1.03. The van der Waals surface area contributed by atoms with Crippen molar-refractivity contribution < 1.29 is 4.74 Å². The van der Waals surface area contributed by atoms with Crippen LogP contribution in [-0.4, -0.2) is 23.6 Å². The van der Waals surface area contributed by atoms with E-state index in [1.807, 2.05) is 18.9 Å². The first-order chi connectivity index (χ1) is 10.1. The van der Waals surface area contributed by atoms with Gasteiger partial charge in [0.25, 0.3) is 0 Å². The zero-order valence-electron chi connectivity index (χ0n) is 12.8. The summed E-state index contributed by atoms with van der Waals surface area (Å²) >= 11 is 0. The molecule has 0 radical (unpaired) electrons. The molecule has 0 saturated heterocycles. The van der Waals surface area contributed by atoms with Gasteiger partial charge in [0.05, 0.1) is 0 Å². The second-order valence-corrected chi connectivity index (χ2v) is 4.78. The predicted octanol–water partition coefficient (Wildman–Crippen LogP) is 2.93. The minimum Gasteiger partial charge on any atom is -0.384 e. The van der Waals surface area contributed by atoms with Crippen molar-refractivity contribution in [2.24, 2.45) is 0 Å². The first-order valence-corrected chi connectivity index (χ1v) is 7.17. The fraction of sp³-hybridized carbons (Fsp3) is 0.375. The van der Waals surface area contributed by atoms with E-state index in [2.05, 4.69) is 41.2 Å². The zero-order chi connectivity index (χ0) is 15.2. The summed E-state index contributed by atoms with van der Waals surface area (Å²) in [5.41, 5.74) is 8.23. The molecule has 112 valence electrons. The normalized spacial score (nSPS) is 10.6. The van der Waals surface area contributed by atoms with Gasteiger partial charge >= 0.3 is 0 Å². The summed E-state index contributed by atoms with van der Waals surface area (Å²) in [7, 11) is 1.97. The molecule has 0 unspecified atom stereocenters. The van der Waals surface area contributed by atoms with Gasteiger partial charge in [-0.15, -0.1) is 0 Å². The Labute approximate surface area is 125 Å². The maximum atomic E-state index is 5.86. The fourth-order valence-electron chi connectivity index (χ4n) is 2.02. The Bertz CT molecular complexity index is 583. The van der Waals surface area contributed by atoms with E-state index in [0.717, 1.165) is 17.9 Å². The molecule has 0 aliphatic heterocycles. The molecule has 0 aliphatic carbocycles. The number of ether oxygens (including phenoxy) is 1. The number of hydrogen-bond acceptors (Lipinski definition) is 5. The minimum absolute atomic E-state index is 0.372. The molecule has 0 amide bonds. The van der Waals surface area contributed by atoms with Crippen molar-refractivity contribution >= 4 is 17.3 Å². The lowest BCUT2D eigenvalue weighted by Gasteiger charge is -2.19. The van der Waals surface area contributed by atoms with Crippen LogP contribution < -0.4 is 10.6 Å². The van der Waals surface area contributed by atoms with Gasteiger partial charge in [-0.25, -0.2) is 9.97 Å². The first kappa shape index (κ1) is 15.3. The molecular weight excluding hydrogens is 264 g/mol. The van der Waals surface area contributed by atoms with E-state index in [9.17, 15) is 0 Å². The van der Waals surface area contributed by atoms with Gasteiger partial charge in [-0.05, 0) is 31.0 Å². The number of benzene rings is 1. The van der Waals surface area contributed by atoms with Crippen LogP contribution in [0.4, 0.5) is 17.3 Å². The number of aromatic nitrogens is 2. The van der Waals surface area contributed by atoms with Crippen LogP contribution in [0, 0.1) is 0 Å². The van der Waals surface area contributed by atoms with Gasteiger partial charge in [-0.3, -0.25) is 0 Å². The molecule has 5 heteroatoms. The molecule has 0 fully saturated rings. The zero-order valence-corrected chi connectivity index (χ0v) is 12.8. The largest absolute Gasteiger partial charge is 0.384 e. The number of nitrogens with zero attached hydrogens (tertiary/aromatic N) is 3. The lowest BCUT2D eigenvalue weighted by molar-refractivity contribution is 0.128. The van der Waals surface area contributed by atoms with Crippen LogP contribution >= 0.6 is 0 Å². The van der Waals surface area contributed by atoms with Crippen LogP contribution in [0.25, 0.3) is 0 Å². The Balaban J connectivity index is 2.24. The van der Waals surface area contributed by atoms with Crippen LogP contribution in [0.3, 0.4) is 0 Å². The van der Waals surface area contributed by atoms with Crippen molar-refractivity contribution in [2.75, 3.05) is 24.3 Å². The number of nitrogen functional groups attached to an aromatic ring is 1. The van der Waals surface area contributed by atoms with Crippen LogP contribution in [-0.2, 0) is 17.8 Å².